The molecule has 0 amide bonds. The molecule has 4 heteroatoms. The van der Waals surface area contributed by atoms with Crippen LogP contribution in [0.5, 0.6) is 0 Å². The van der Waals surface area contributed by atoms with Crippen LogP contribution in [-0.4, -0.2) is 23.4 Å². The van der Waals surface area contributed by atoms with Gasteiger partial charge in [-0.3, -0.25) is 0 Å². The molecule has 1 aliphatic heterocycles. The smallest absolute Gasteiger partial charge is 0.100 e. The van der Waals surface area contributed by atoms with Gasteiger partial charge in [-0.05, 0) is 18.6 Å². The molecule has 0 fully saturated rings. The normalized spacial score (nSPS) is 16.4. The van der Waals surface area contributed by atoms with Gasteiger partial charge in [-0.25, -0.2) is 0 Å². The van der Waals surface area contributed by atoms with Gasteiger partial charge in [-0.1, -0.05) is 42.5 Å². The van der Waals surface area contributed by atoms with Crippen LogP contribution in [0.15, 0.2) is 54.6 Å². The van der Waals surface area contributed by atoms with Gasteiger partial charge in [-0.15, -0.1) is 0 Å². The summed E-state index contributed by atoms with van der Waals surface area (Å²) >= 11 is 6.00. The van der Waals surface area contributed by atoms with Crippen LogP contribution in [0.2, 0.25) is 0 Å². The Morgan fingerprint density at radius 1 is 0.750 bits per heavy atom. The first-order valence-corrected chi connectivity index (χ1v) is 9.23. The van der Waals surface area contributed by atoms with Crippen LogP contribution in [0.3, 0.4) is 0 Å². The van der Waals surface area contributed by atoms with Gasteiger partial charge in [0.2, 0.25) is 0 Å². The van der Waals surface area contributed by atoms with Gasteiger partial charge in [0.05, 0.1) is 15.9 Å². The molecule has 102 valence electrons. The number of aliphatic hydroxyl groups is 2. The minimum absolute atomic E-state index is 0.0628. The lowest BCUT2D eigenvalue weighted by Crippen LogP contribution is -2.24. The van der Waals surface area contributed by atoms with Crippen molar-refractivity contribution in [3.8, 4) is 0 Å². The Hall–Kier alpha value is -1.12. The Kier molecular flexibility index (Phi) is 3.70. The van der Waals surface area contributed by atoms with E-state index in [1.165, 1.54) is 0 Å². The van der Waals surface area contributed by atoms with E-state index in [1.807, 2.05) is 54.6 Å². The van der Waals surface area contributed by atoms with Gasteiger partial charge in [-0.2, -0.15) is 0 Å². The van der Waals surface area contributed by atoms with Gasteiger partial charge >= 0.3 is 0 Å². The average molecular weight is 302 g/mol. The molecule has 2 aromatic rings. The quantitative estimate of drug-likeness (QED) is 0.648. The van der Waals surface area contributed by atoms with Gasteiger partial charge in [0, 0.05) is 10.4 Å². The molecule has 2 nitrogen and oxygen atoms in total. The Morgan fingerprint density at radius 2 is 1.20 bits per heavy atom. The van der Waals surface area contributed by atoms with Crippen molar-refractivity contribution in [3.05, 3.63) is 65.0 Å². The highest BCUT2D eigenvalue weighted by Gasteiger charge is 2.40. The minimum Gasteiger partial charge on any atom is -0.541 e. The molecule has 0 atom stereocenters. The number of hydrogen-bond acceptors (Lipinski definition) is 3. The molecule has 0 radical (unpaired) electrons. The van der Waals surface area contributed by atoms with Gasteiger partial charge in [0.25, 0.3) is 0 Å². The lowest BCUT2D eigenvalue weighted by Gasteiger charge is -2.32. The summed E-state index contributed by atoms with van der Waals surface area (Å²) in [4.78, 5) is 0. The molecule has 1 heterocycles. The van der Waals surface area contributed by atoms with Crippen LogP contribution >= 0.6 is 6.46 Å². The Balaban J connectivity index is 2.41. The van der Waals surface area contributed by atoms with Crippen molar-refractivity contribution in [3.63, 3.8) is 0 Å². The fraction of sp³-hybridized carbons (Fsp3) is 0.125. The molecule has 20 heavy (non-hydrogen) atoms. The molecule has 0 spiro atoms. The number of fused-ring (bicyclic) bond motifs is 1. The summed E-state index contributed by atoms with van der Waals surface area (Å²) in [5, 5.41) is 24.5. The third-order valence-corrected chi connectivity index (χ3v) is 8.99. The zero-order chi connectivity index (χ0) is 14.2. The first-order valence-electron chi connectivity index (χ1n) is 6.43. The summed E-state index contributed by atoms with van der Waals surface area (Å²) in [6.45, 7) is -2.38. The number of hydrogen-bond donors (Lipinski definition) is 2. The highest BCUT2D eigenvalue weighted by atomic mass is 32.7. The largest absolute Gasteiger partial charge is 0.541 e. The van der Waals surface area contributed by atoms with E-state index in [9.17, 15) is 10.2 Å². The minimum atomic E-state index is -2.26. The predicted octanol–water partition coefficient (Wildman–Crippen LogP) is 0.706. The van der Waals surface area contributed by atoms with E-state index >= 15 is 0 Å². The number of aliphatic hydroxyl groups excluding tert-OH is 2. The zero-order valence-electron chi connectivity index (χ0n) is 10.9. The molecule has 0 unspecified atom stereocenters. The van der Waals surface area contributed by atoms with Crippen molar-refractivity contribution < 1.29 is 10.2 Å². The molecular formula is C16H15O2PS. The molecule has 1 aliphatic rings. The average Bonchev–Trinajstić information content (AvgIpc) is 2.76. The van der Waals surface area contributed by atoms with Gasteiger partial charge < -0.3 is 22.5 Å². The third kappa shape index (κ3) is 1.86. The van der Waals surface area contributed by atoms with Crippen molar-refractivity contribution in [1.29, 1.82) is 0 Å². The van der Waals surface area contributed by atoms with Gasteiger partial charge in [0.1, 0.15) is 13.2 Å². The molecule has 0 saturated heterocycles. The van der Waals surface area contributed by atoms with E-state index in [0.29, 0.717) is 0 Å². The summed E-state index contributed by atoms with van der Waals surface area (Å²) < 4.78 is 0. The molecule has 0 aliphatic carbocycles. The first-order chi connectivity index (χ1) is 9.73. The molecule has 0 saturated carbocycles. The monoisotopic (exact) mass is 302 g/mol. The summed E-state index contributed by atoms with van der Waals surface area (Å²) in [7, 11) is 0. The van der Waals surface area contributed by atoms with Crippen molar-refractivity contribution in [2.45, 2.75) is 0 Å². The predicted molar refractivity (Wildman–Crippen MR) is 87.0 cm³/mol. The van der Waals surface area contributed by atoms with Gasteiger partial charge in [0.15, 0.2) is 0 Å². The highest BCUT2D eigenvalue weighted by Crippen LogP contribution is 2.70. The van der Waals surface area contributed by atoms with Crippen LogP contribution in [-0.2, 0) is 12.2 Å². The Morgan fingerprint density at radius 3 is 1.65 bits per heavy atom. The fourth-order valence-corrected chi connectivity index (χ4v) is 7.12. The van der Waals surface area contributed by atoms with E-state index < -0.39 is 6.46 Å². The molecule has 0 aromatic heterocycles. The summed E-state index contributed by atoms with van der Waals surface area (Å²) in [5.74, 6) is 0. The van der Waals surface area contributed by atoms with E-state index in [4.69, 9.17) is 12.2 Å². The maximum atomic E-state index is 9.85. The van der Waals surface area contributed by atoms with Crippen molar-refractivity contribution in [2.75, 3.05) is 13.2 Å². The second-order valence-corrected chi connectivity index (χ2v) is 9.16. The maximum Gasteiger partial charge on any atom is 0.100 e. The Labute approximate surface area is 123 Å². The summed E-state index contributed by atoms with van der Waals surface area (Å²) in [5.41, 5.74) is 0. The second kappa shape index (κ2) is 5.34. The molecular weight excluding hydrogens is 287 g/mol. The number of rotatable bonds is 3. The van der Waals surface area contributed by atoms with E-state index in [1.54, 1.807) is 0 Å². The lowest BCUT2D eigenvalue weighted by atomic mass is 10.2. The van der Waals surface area contributed by atoms with E-state index in [0.717, 1.165) is 26.4 Å². The first kappa shape index (κ1) is 13.8. The van der Waals surface area contributed by atoms with E-state index in [-0.39, 0.29) is 13.2 Å². The van der Waals surface area contributed by atoms with Crippen LogP contribution in [0.4, 0.5) is 0 Å². The Bertz CT molecular complexity index is 713. The molecule has 0 bridgehead atoms. The van der Waals surface area contributed by atoms with Crippen molar-refractivity contribution in [1.82, 2.24) is 0 Å². The van der Waals surface area contributed by atoms with Crippen LogP contribution < -0.4 is 15.7 Å². The molecule has 2 N–H and O–H groups in total. The summed E-state index contributed by atoms with van der Waals surface area (Å²) in [6.07, 6.45) is 0. The van der Waals surface area contributed by atoms with Crippen LogP contribution in [0, 0.1) is 0 Å². The SMILES string of the molecule is OCC1=c2ccccc2=C(CO)[P+]1([S-])c1ccccc1. The highest BCUT2D eigenvalue weighted by molar-refractivity contribution is 8.53. The van der Waals surface area contributed by atoms with Crippen LogP contribution in [0.25, 0.3) is 10.6 Å². The topological polar surface area (TPSA) is 40.5 Å². The van der Waals surface area contributed by atoms with Crippen molar-refractivity contribution >= 4 is 34.6 Å². The fourth-order valence-electron chi connectivity index (χ4n) is 2.81. The molecule has 3 rings (SSSR count). The zero-order valence-corrected chi connectivity index (χ0v) is 12.6. The summed E-state index contributed by atoms with van der Waals surface area (Å²) in [6, 6.07) is 17.7. The third-order valence-electron chi connectivity index (χ3n) is 3.73. The maximum absolute atomic E-state index is 9.85. The van der Waals surface area contributed by atoms with Crippen LogP contribution in [0.1, 0.15) is 0 Å². The molecule has 2 aromatic carbocycles. The number of benzene rings is 2. The standard InChI is InChI=1S/C16H15O2PS/c17-10-15-13-8-4-5-9-14(13)16(11-18)19(15,20)12-6-2-1-3-7-12/h1-9,17-18H,10-11H2. The van der Waals surface area contributed by atoms with Crippen molar-refractivity contribution in [2.24, 2.45) is 0 Å². The second-order valence-electron chi connectivity index (χ2n) is 4.70. The lowest BCUT2D eigenvalue weighted by molar-refractivity contribution is 0.351. The van der Waals surface area contributed by atoms with E-state index in [2.05, 4.69) is 0 Å².